The van der Waals surface area contributed by atoms with E-state index < -0.39 is 29.7 Å². The highest BCUT2D eigenvalue weighted by Gasteiger charge is 2.23. The largest absolute Gasteiger partial charge is 0.390 e. The lowest BCUT2D eigenvalue weighted by atomic mass is 10.0. The van der Waals surface area contributed by atoms with E-state index in [1.165, 1.54) is 17.7 Å². The van der Waals surface area contributed by atoms with Crippen LogP contribution in [0.1, 0.15) is 50.3 Å². The van der Waals surface area contributed by atoms with E-state index in [1.54, 1.807) is 4.90 Å². The van der Waals surface area contributed by atoms with Gasteiger partial charge in [-0.15, -0.1) is 0 Å². The van der Waals surface area contributed by atoms with Gasteiger partial charge in [0.1, 0.15) is 24.8 Å². The van der Waals surface area contributed by atoms with Gasteiger partial charge in [-0.3, -0.25) is 9.59 Å². The lowest BCUT2D eigenvalue weighted by Crippen LogP contribution is -2.49. The number of amides is 2. The van der Waals surface area contributed by atoms with Crippen molar-refractivity contribution in [3.8, 4) is 0 Å². The average Bonchev–Trinajstić information content (AvgIpc) is 2.87. The molecular weight excluding hydrogens is 492 g/mol. The van der Waals surface area contributed by atoms with Crippen molar-refractivity contribution in [1.29, 1.82) is 0 Å². The molecule has 0 aliphatic rings. The fourth-order valence-electron chi connectivity index (χ4n) is 4.20. The molecule has 0 aliphatic heterocycles. The Labute approximate surface area is 224 Å². The zero-order valence-corrected chi connectivity index (χ0v) is 22.6. The topological polar surface area (TPSA) is 90.9 Å². The van der Waals surface area contributed by atoms with Crippen LogP contribution in [0.25, 0.3) is 0 Å². The Balaban J connectivity index is 1.97. The van der Waals surface area contributed by atoms with Crippen LogP contribution in [0.2, 0.25) is 0 Å². The van der Waals surface area contributed by atoms with E-state index in [4.69, 9.17) is 4.74 Å². The smallest absolute Gasteiger partial charge is 0.248 e. The molecule has 0 aromatic heterocycles. The molecule has 0 saturated heterocycles. The second-order valence-electron chi connectivity index (χ2n) is 9.40. The highest BCUT2D eigenvalue weighted by molar-refractivity contribution is 5.79. The number of nitrogens with one attached hydrogen (secondary N) is 2. The summed E-state index contributed by atoms with van der Waals surface area (Å²) in [6.45, 7) is 7.33. The lowest BCUT2D eigenvalue weighted by Gasteiger charge is -2.25. The Kier molecular flexibility index (Phi) is 13.9. The van der Waals surface area contributed by atoms with E-state index in [0.717, 1.165) is 30.9 Å². The van der Waals surface area contributed by atoms with Gasteiger partial charge in [0, 0.05) is 32.2 Å². The minimum absolute atomic E-state index is 0.00823. The van der Waals surface area contributed by atoms with Gasteiger partial charge in [-0.05, 0) is 54.5 Å². The molecule has 0 fully saturated rings. The minimum atomic E-state index is -1.05. The number of carbonyl (C=O) groups excluding carboxylic acids is 2. The Morgan fingerprint density at radius 3 is 2.24 bits per heavy atom. The summed E-state index contributed by atoms with van der Waals surface area (Å²) in [5, 5.41) is 16.8. The molecule has 0 spiro atoms. The molecule has 2 rings (SSSR count). The number of carbonyl (C=O) groups is 2. The van der Waals surface area contributed by atoms with E-state index in [0.29, 0.717) is 25.2 Å². The molecule has 2 aromatic rings. The van der Waals surface area contributed by atoms with Crippen molar-refractivity contribution in [1.82, 2.24) is 15.5 Å². The normalized spacial score (nSPS) is 12.7. The van der Waals surface area contributed by atoms with Crippen LogP contribution in [0, 0.1) is 11.6 Å². The Hall–Kier alpha value is -2.88. The van der Waals surface area contributed by atoms with Crippen LogP contribution in [-0.2, 0) is 33.7 Å². The number of halogens is 2. The van der Waals surface area contributed by atoms with Gasteiger partial charge in [0.2, 0.25) is 11.8 Å². The third-order valence-corrected chi connectivity index (χ3v) is 6.07. The zero-order chi connectivity index (χ0) is 27.9. The first-order valence-corrected chi connectivity index (χ1v) is 13.3. The number of rotatable bonds is 17. The molecule has 38 heavy (non-hydrogen) atoms. The van der Waals surface area contributed by atoms with Crippen molar-refractivity contribution in [3.05, 3.63) is 70.8 Å². The first-order chi connectivity index (χ1) is 18.2. The molecule has 0 aliphatic carbocycles. The maximum atomic E-state index is 13.8. The summed E-state index contributed by atoms with van der Waals surface area (Å²) in [5.41, 5.74) is 2.56. The van der Waals surface area contributed by atoms with Gasteiger partial charge in [-0.1, -0.05) is 45.0 Å². The van der Waals surface area contributed by atoms with Gasteiger partial charge in [0.25, 0.3) is 0 Å². The quantitative estimate of drug-likeness (QED) is 0.290. The summed E-state index contributed by atoms with van der Waals surface area (Å²) >= 11 is 0. The SMILES string of the molecule is CCCN(CCC)C(=O)COCC(=O)NC(Cc1cc(F)cc(F)c1)C(O)CNCc1cccc(CC)c1. The first-order valence-electron chi connectivity index (χ1n) is 13.3. The molecule has 0 bridgehead atoms. The van der Waals surface area contributed by atoms with Crippen LogP contribution in [0.4, 0.5) is 8.78 Å². The maximum absolute atomic E-state index is 13.8. The summed E-state index contributed by atoms with van der Waals surface area (Å²) in [5.74, 6) is -2.20. The van der Waals surface area contributed by atoms with Crippen molar-refractivity contribution in [2.75, 3.05) is 32.8 Å². The van der Waals surface area contributed by atoms with Gasteiger partial charge < -0.3 is 25.4 Å². The van der Waals surface area contributed by atoms with Gasteiger partial charge >= 0.3 is 0 Å². The van der Waals surface area contributed by atoms with Crippen LogP contribution in [0.3, 0.4) is 0 Å². The van der Waals surface area contributed by atoms with E-state index in [9.17, 15) is 23.5 Å². The van der Waals surface area contributed by atoms with Gasteiger partial charge in [0.05, 0.1) is 12.1 Å². The fraction of sp³-hybridized carbons (Fsp3) is 0.517. The van der Waals surface area contributed by atoms with Gasteiger partial charge in [-0.25, -0.2) is 8.78 Å². The van der Waals surface area contributed by atoms with Crippen molar-refractivity contribution in [2.24, 2.45) is 0 Å². The Morgan fingerprint density at radius 1 is 0.947 bits per heavy atom. The minimum Gasteiger partial charge on any atom is -0.390 e. The molecule has 3 N–H and O–H groups in total. The predicted molar refractivity (Wildman–Crippen MR) is 144 cm³/mol. The molecule has 0 saturated carbocycles. The summed E-state index contributed by atoms with van der Waals surface area (Å²) in [6, 6.07) is 10.3. The van der Waals surface area contributed by atoms with E-state index in [-0.39, 0.29) is 32.1 Å². The molecule has 2 amide bonds. The van der Waals surface area contributed by atoms with E-state index in [2.05, 4.69) is 23.6 Å². The molecule has 0 heterocycles. The Morgan fingerprint density at radius 2 is 1.61 bits per heavy atom. The second kappa shape index (κ2) is 16.9. The average molecular weight is 534 g/mol. The van der Waals surface area contributed by atoms with Crippen LogP contribution < -0.4 is 10.6 Å². The van der Waals surface area contributed by atoms with Crippen molar-refractivity contribution < 1.29 is 28.2 Å². The molecule has 7 nitrogen and oxygen atoms in total. The van der Waals surface area contributed by atoms with Crippen LogP contribution in [-0.4, -0.2) is 66.8 Å². The molecule has 2 unspecified atom stereocenters. The number of aliphatic hydroxyl groups is 1. The van der Waals surface area contributed by atoms with Gasteiger partial charge in [-0.2, -0.15) is 0 Å². The van der Waals surface area contributed by atoms with Crippen LogP contribution in [0.5, 0.6) is 0 Å². The third kappa shape index (κ3) is 11.2. The highest BCUT2D eigenvalue weighted by atomic mass is 19.1. The Bertz CT molecular complexity index is 995. The number of nitrogens with zero attached hydrogens (tertiary/aromatic N) is 1. The van der Waals surface area contributed by atoms with Crippen molar-refractivity contribution in [3.63, 3.8) is 0 Å². The summed E-state index contributed by atoms with van der Waals surface area (Å²) < 4.78 is 32.8. The van der Waals surface area contributed by atoms with Crippen molar-refractivity contribution in [2.45, 2.75) is 65.1 Å². The standard InChI is InChI=1S/C29H41F2N3O4/c1-4-10-34(11-5-2)29(37)20-38-19-28(36)33-26(15-23-13-24(30)16-25(31)14-23)27(35)18-32-17-22-9-7-8-21(6-3)12-22/h7-9,12-14,16,26-27,32,35H,4-6,10-11,15,17-20H2,1-3H3,(H,33,36). The molecule has 210 valence electrons. The van der Waals surface area contributed by atoms with E-state index >= 15 is 0 Å². The summed E-state index contributed by atoms with van der Waals surface area (Å²) in [7, 11) is 0. The van der Waals surface area contributed by atoms with Crippen LogP contribution >= 0.6 is 0 Å². The summed E-state index contributed by atoms with van der Waals surface area (Å²) in [4.78, 5) is 26.7. The first kappa shape index (κ1) is 31.3. The number of benzene rings is 2. The van der Waals surface area contributed by atoms with Gasteiger partial charge in [0.15, 0.2) is 0 Å². The number of hydrogen-bond donors (Lipinski definition) is 3. The maximum Gasteiger partial charge on any atom is 0.248 e. The number of aliphatic hydroxyl groups excluding tert-OH is 1. The molecule has 0 radical (unpaired) electrons. The zero-order valence-electron chi connectivity index (χ0n) is 22.6. The summed E-state index contributed by atoms with van der Waals surface area (Å²) in [6.07, 6.45) is 1.52. The second-order valence-corrected chi connectivity index (χ2v) is 9.40. The number of aryl methyl sites for hydroxylation is 1. The molecular formula is C29H41F2N3O4. The van der Waals surface area contributed by atoms with E-state index in [1.807, 2.05) is 32.0 Å². The monoisotopic (exact) mass is 533 g/mol. The lowest BCUT2D eigenvalue weighted by molar-refractivity contribution is -0.138. The highest BCUT2D eigenvalue weighted by Crippen LogP contribution is 2.12. The number of hydrogen-bond acceptors (Lipinski definition) is 5. The van der Waals surface area contributed by atoms with Crippen molar-refractivity contribution >= 4 is 11.8 Å². The fourth-order valence-corrected chi connectivity index (χ4v) is 4.20. The predicted octanol–water partition coefficient (Wildman–Crippen LogP) is 3.37. The molecule has 2 atom stereocenters. The molecule has 9 heteroatoms. The van der Waals surface area contributed by atoms with Crippen LogP contribution in [0.15, 0.2) is 42.5 Å². The molecule has 2 aromatic carbocycles. The number of ether oxygens (including phenoxy) is 1. The third-order valence-electron chi connectivity index (χ3n) is 6.07.